The molecular formula is C12H20N2O3. The maximum absolute atomic E-state index is 11.6. The molecule has 0 aliphatic heterocycles. The first kappa shape index (κ1) is 13.7. The van der Waals surface area contributed by atoms with E-state index in [1.54, 1.807) is 12.1 Å². The zero-order valence-electron chi connectivity index (χ0n) is 10.4. The van der Waals surface area contributed by atoms with Crippen molar-refractivity contribution in [3.63, 3.8) is 0 Å². The predicted molar refractivity (Wildman–Crippen MR) is 64.6 cm³/mol. The molecule has 96 valence electrons. The molecule has 5 heteroatoms. The van der Waals surface area contributed by atoms with E-state index in [4.69, 9.17) is 14.9 Å². The van der Waals surface area contributed by atoms with Gasteiger partial charge in [0.2, 0.25) is 0 Å². The van der Waals surface area contributed by atoms with Crippen LogP contribution >= 0.6 is 0 Å². The minimum Gasteiger partial charge on any atom is -0.455 e. The highest BCUT2D eigenvalue weighted by atomic mass is 16.5. The van der Waals surface area contributed by atoms with Crippen molar-refractivity contribution >= 4 is 5.91 Å². The van der Waals surface area contributed by atoms with Crippen LogP contribution in [0.15, 0.2) is 16.5 Å². The number of carbonyl (C=O) groups excluding carboxylic acids is 1. The zero-order chi connectivity index (χ0) is 12.7. The number of furan rings is 1. The van der Waals surface area contributed by atoms with Gasteiger partial charge in [-0.15, -0.1) is 0 Å². The molecule has 1 aromatic heterocycles. The van der Waals surface area contributed by atoms with Crippen LogP contribution in [0.5, 0.6) is 0 Å². The topological polar surface area (TPSA) is 77.5 Å². The van der Waals surface area contributed by atoms with Crippen molar-refractivity contribution in [3.8, 4) is 0 Å². The second kappa shape index (κ2) is 7.09. The average Bonchev–Trinajstić information content (AvgIpc) is 2.76. The molecule has 1 amide bonds. The molecule has 0 aromatic carbocycles. The molecule has 0 unspecified atom stereocenters. The van der Waals surface area contributed by atoms with Crippen LogP contribution in [0.3, 0.4) is 0 Å². The number of rotatable bonds is 7. The fourth-order valence-electron chi connectivity index (χ4n) is 1.25. The van der Waals surface area contributed by atoms with Crippen molar-refractivity contribution in [2.75, 3.05) is 19.8 Å². The molecule has 0 aliphatic carbocycles. The largest absolute Gasteiger partial charge is 0.455 e. The number of ether oxygens (including phenoxy) is 1. The van der Waals surface area contributed by atoms with Gasteiger partial charge in [-0.05, 0) is 18.1 Å². The van der Waals surface area contributed by atoms with Gasteiger partial charge >= 0.3 is 0 Å². The Labute approximate surface area is 101 Å². The molecule has 0 aliphatic rings. The van der Waals surface area contributed by atoms with Gasteiger partial charge in [0.15, 0.2) is 5.76 Å². The summed E-state index contributed by atoms with van der Waals surface area (Å²) in [6.45, 7) is 6.14. The fourth-order valence-corrected chi connectivity index (χ4v) is 1.25. The fraction of sp³-hybridized carbons (Fsp3) is 0.583. The number of carbonyl (C=O) groups is 1. The highest BCUT2D eigenvalue weighted by molar-refractivity contribution is 5.91. The van der Waals surface area contributed by atoms with E-state index < -0.39 is 0 Å². The smallest absolute Gasteiger partial charge is 0.287 e. The molecular weight excluding hydrogens is 220 g/mol. The molecule has 0 saturated heterocycles. The van der Waals surface area contributed by atoms with Gasteiger partial charge in [0.05, 0.1) is 13.2 Å². The Bertz CT molecular complexity index is 347. The lowest BCUT2D eigenvalue weighted by atomic mass is 10.2. The molecule has 0 spiro atoms. The molecule has 1 aromatic rings. The lowest BCUT2D eigenvalue weighted by Crippen LogP contribution is -2.27. The van der Waals surface area contributed by atoms with Crippen molar-refractivity contribution in [1.29, 1.82) is 0 Å². The molecule has 5 nitrogen and oxygen atoms in total. The molecule has 0 radical (unpaired) electrons. The summed E-state index contributed by atoms with van der Waals surface area (Å²) in [6.07, 6.45) is 0. The van der Waals surface area contributed by atoms with Crippen LogP contribution in [-0.2, 0) is 11.3 Å². The third-order valence-corrected chi connectivity index (χ3v) is 2.07. The summed E-state index contributed by atoms with van der Waals surface area (Å²) in [7, 11) is 0. The van der Waals surface area contributed by atoms with Crippen LogP contribution in [0.1, 0.15) is 30.2 Å². The first-order valence-corrected chi connectivity index (χ1v) is 5.78. The minimum absolute atomic E-state index is 0.238. The van der Waals surface area contributed by atoms with E-state index in [-0.39, 0.29) is 11.7 Å². The summed E-state index contributed by atoms with van der Waals surface area (Å²) < 4.78 is 10.6. The highest BCUT2D eigenvalue weighted by Crippen LogP contribution is 2.06. The van der Waals surface area contributed by atoms with E-state index in [0.29, 0.717) is 38.0 Å². The summed E-state index contributed by atoms with van der Waals surface area (Å²) in [6, 6.07) is 3.32. The van der Waals surface area contributed by atoms with E-state index in [1.807, 2.05) is 0 Å². The molecule has 0 saturated carbocycles. The third-order valence-electron chi connectivity index (χ3n) is 2.07. The summed E-state index contributed by atoms with van der Waals surface area (Å²) in [5.74, 6) is 1.15. The van der Waals surface area contributed by atoms with Gasteiger partial charge in [-0.3, -0.25) is 4.79 Å². The lowest BCUT2D eigenvalue weighted by Gasteiger charge is -2.07. The molecule has 1 rings (SSSR count). The number of nitrogens with two attached hydrogens (primary N) is 1. The third kappa shape index (κ3) is 5.01. The monoisotopic (exact) mass is 240 g/mol. The van der Waals surface area contributed by atoms with Crippen molar-refractivity contribution in [2.45, 2.75) is 20.4 Å². The van der Waals surface area contributed by atoms with Crippen LogP contribution in [0, 0.1) is 5.92 Å². The standard InChI is InChI=1S/C12H20N2O3/c1-9(2)8-16-6-5-14-12(15)11-4-3-10(7-13)17-11/h3-4,9H,5-8,13H2,1-2H3,(H,14,15). The normalized spacial score (nSPS) is 10.8. The van der Waals surface area contributed by atoms with Gasteiger partial charge in [0.25, 0.3) is 5.91 Å². The molecule has 17 heavy (non-hydrogen) atoms. The SMILES string of the molecule is CC(C)COCCNC(=O)c1ccc(CN)o1. The van der Waals surface area contributed by atoms with E-state index in [0.717, 1.165) is 0 Å². The van der Waals surface area contributed by atoms with Crippen LogP contribution in [0.25, 0.3) is 0 Å². The maximum atomic E-state index is 11.6. The van der Waals surface area contributed by atoms with E-state index in [9.17, 15) is 4.79 Å². The van der Waals surface area contributed by atoms with Gasteiger partial charge in [0.1, 0.15) is 5.76 Å². The molecule has 0 atom stereocenters. The first-order chi connectivity index (χ1) is 8.13. The van der Waals surface area contributed by atoms with Crippen molar-refractivity contribution in [3.05, 3.63) is 23.7 Å². The Morgan fingerprint density at radius 2 is 2.29 bits per heavy atom. The molecule has 0 fully saturated rings. The van der Waals surface area contributed by atoms with Crippen LogP contribution in [-0.4, -0.2) is 25.7 Å². The second-order valence-corrected chi connectivity index (χ2v) is 4.19. The van der Waals surface area contributed by atoms with Gasteiger partial charge in [-0.2, -0.15) is 0 Å². The Balaban J connectivity index is 2.21. The van der Waals surface area contributed by atoms with Gasteiger partial charge in [-0.1, -0.05) is 13.8 Å². The van der Waals surface area contributed by atoms with Gasteiger partial charge < -0.3 is 20.2 Å². The lowest BCUT2D eigenvalue weighted by molar-refractivity contribution is 0.0861. The van der Waals surface area contributed by atoms with E-state index in [1.165, 1.54) is 0 Å². The first-order valence-electron chi connectivity index (χ1n) is 5.78. The second-order valence-electron chi connectivity index (χ2n) is 4.19. The molecule has 1 heterocycles. The zero-order valence-corrected chi connectivity index (χ0v) is 10.4. The molecule has 0 bridgehead atoms. The Hall–Kier alpha value is -1.33. The van der Waals surface area contributed by atoms with E-state index in [2.05, 4.69) is 19.2 Å². The van der Waals surface area contributed by atoms with Crippen LogP contribution in [0.2, 0.25) is 0 Å². The minimum atomic E-state index is -0.238. The summed E-state index contributed by atoms with van der Waals surface area (Å²) in [5, 5.41) is 2.71. The quantitative estimate of drug-likeness (QED) is 0.701. The Morgan fingerprint density at radius 3 is 2.88 bits per heavy atom. The maximum Gasteiger partial charge on any atom is 0.287 e. The number of hydrogen-bond donors (Lipinski definition) is 2. The summed E-state index contributed by atoms with van der Waals surface area (Å²) in [5.41, 5.74) is 5.39. The number of amides is 1. The predicted octanol–water partition coefficient (Wildman–Crippen LogP) is 1.14. The van der Waals surface area contributed by atoms with Gasteiger partial charge in [-0.25, -0.2) is 0 Å². The average molecular weight is 240 g/mol. The summed E-state index contributed by atoms with van der Waals surface area (Å²) in [4.78, 5) is 11.6. The molecule has 3 N–H and O–H groups in total. The Morgan fingerprint density at radius 1 is 1.53 bits per heavy atom. The number of nitrogens with one attached hydrogen (secondary N) is 1. The van der Waals surface area contributed by atoms with E-state index >= 15 is 0 Å². The van der Waals surface area contributed by atoms with Crippen molar-refractivity contribution < 1.29 is 13.9 Å². The van der Waals surface area contributed by atoms with Crippen molar-refractivity contribution in [1.82, 2.24) is 5.32 Å². The summed E-state index contributed by atoms with van der Waals surface area (Å²) >= 11 is 0. The van der Waals surface area contributed by atoms with Crippen LogP contribution in [0.4, 0.5) is 0 Å². The van der Waals surface area contributed by atoms with Crippen LogP contribution < -0.4 is 11.1 Å². The highest BCUT2D eigenvalue weighted by Gasteiger charge is 2.09. The number of hydrogen-bond acceptors (Lipinski definition) is 4. The van der Waals surface area contributed by atoms with Crippen molar-refractivity contribution in [2.24, 2.45) is 11.7 Å². The Kier molecular flexibility index (Phi) is 5.72. The van der Waals surface area contributed by atoms with Gasteiger partial charge in [0, 0.05) is 13.2 Å².